The van der Waals surface area contributed by atoms with Crippen molar-refractivity contribution in [1.29, 1.82) is 0 Å². The minimum atomic E-state index is 0.648. The molecule has 1 fully saturated rings. The smallest absolute Gasteiger partial charge is 0.194 e. The second kappa shape index (κ2) is 8.76. The summed E-state index contributed by atoms with van der Waals surface area (Å²) >= 11 is 0. The molecule has 0 bridgehead atoms. The summed E-state index contributed by atoms with van der Waals surface area (Å²) in [6.45, 7) is 10.6. The number of aliphatic imine (C=N–C) groups is 1. The zero-order valence-corrected chi connectivity index (χ0v) is 14.3. The molecule has 1 unspecified atom stereocenters. The zero-order chi connectivity index (χ0) is 15.8. The van der Waals surface area contributed by atoms with Gasteiger partial charge in [-0.25, -0.2) is 4.99 Å². The first-order valence-electron chi connectivity index (χ1n) is 8.71. The van der Waals surface area contributed by atoms with E-state index < -0.39 is 0 Å². The van der Waals surface area contributed by atoms with Gasteiger partial charge in [0, 0.05) is 25.8 Å². The van der Waals surface area contributed by atoms with Gasteiger partial charge in [0.25, 0.3) is 0 Å². The van der Waals surface area contributed by atoms with Gasteiger partial charge in [-0.2, -0.15) is 0 Å². The highest BCUT2D eigenvalue weighted by atomic mass is 15.3. The van der Waals surface area contributed by atoms with Crippen LogP contribution in [0.15, 0.2) is 29.4 Å². The lowest BCUT2D eigenvalue weighted by Gasteiger charge is -2.24. The van der Waals surface area contributed by atoms with Crippen LogP contribution in [0.3, 0.4) is 0 Å². The molecule has 1 N–H and O–H groups in total. The highest BCUT2D eigenvalue weighted by Crippen LogP contribution is 2.28. The molecule has 22 heavy (non-hydrogen) atoms. The summed E-state index contributed by atoms with van der Waals surface area (Å²) in [7, 11) is 0. The normalized spacial score (nSPS) is 19.0. The topological polar surface area (TPSA) is 40.5 Å². The standard InChI is InChI=1S/C18H30N4/c1-4-15(5-2)16-10-12-22(14-16)18(19-6-3)21-13-17-9-7-8-11-20-17/h7-9,11,15-16H,4-6,10,12-14H2,1-3H3,(H,19,21). The predicted molar refractivity (Wildman–Crippen MR) is 92.8 cm³/mol. The Balaban J connectivity index is 1.99. The van der Waals surface area contributed by atoms with Crippen molar-refractivity contribution in [3.05, 3.63) is 30.1 Å². The second-order valence-corrected chi connectivity index (χ2v) is 6.06. The first kappa shape index (κ1) is 16.8. The van der Waals surface area contributed by atoms with Crippen molar-refractivity contribution in [3.8, 4) is 0 Å². The van der Waals surface area contributed by atoms with E-state index in [1.165, 1.54) is 19.3 Å². The van der Waals surface area contributed by atoms with Crippen molar-refractivity contribution < 1.29 is 0 Å². The maximum absolute atomic E-state index is 4.78. The molecule has 122 valence electrons. The molecule has 1 atom stereocenters. The summed E-state index contributed by atoms with van der Waals surface area (Å²) in [6, 6.07) is 5.99. The Morgan fingerprint density at radius 1 is 1.36 bits per heavy atom. The SMILES string of the molecule is CCNC(=NCc1ccccn1)N1CCC(C(CC)CC)C1. The Kier molecular flexibility index (Phi) is 6.69. The summed E-state index contributed by atoms with van der Waals surface area (Å²) in [5, 5.41) is 3.44. The van der Waals surface area contributed by atoms with Crippen LogP contribution in [0.1, 0.15) is 45.7 Å². The quantitative estimate of drug-likeness (QED) is 0.647. The van der Waals surface area contributed by atoms with Crippen LogP contribution in [0.5, 0.6) is 0 Å². The van der Waals surface area contributed by atoms with E-state index in [-0.39, 0.29) is 0 Å². The Hall–Kier alpha value is -1.58. The van der Waals surface area contributed by atoms with Gasteiger partial charge >= 0.3 is 0 Å². The molecule has 0 aromatic carbocycles. The third kappa shape index (κ3) is 4.46. The predicted octanol–water partition coefficient (Wildman–Crippen LogP) is 3.31. The van der Waals surface area contributed by atoms with E-state index in [0.29, 0.717) is 6.54 Å². The fourth-order valence-corrected chi connectivity index (χ4v) is 3.39. The lowest BCUT2D eigenvalue weighted by Crippen LogP contribution is -2.40. The zero-order valence-electron chi connectivity index (χ0n) is 14.3. The van der Waals surface area contributed by atoms with E-state index in [4.69, 9.17) is 4.99 Å². The van der Waals surface area contributed by atoms with Crippen molar-refractivity contribution in [2.45, 2.75) is 46.6 Å². The average molecular weight is 302 g/mol. The van der Waals surface area contributed by atoms with Gasteiger partial charge < -0.3 is 10.2 Å². The Bertz CT molecular complexity index is 453. The lowest BCUT2D eigenvalue weighted by atomic mass is 9.87. The molecule has 1 saturated heterocycles. The number of hydrogen-bond acceptors (Lipinski definition) is 2. The number of likely N-dealkylation sites (tertiary alicyclic amines) is 1. The molecule has 0 radical (unpaired) electrons. The first-order chi connectivity index (χ1) is 10.8. The fourth-order valence-electron chi connectivity index (χ4n) is 3.39. The summed E-state index contributed by atoms with van der Waals surface area (Å²) in [5.74, 6) is 2.71. The molecule has 1 aliphatic rings. The van der Waals surface area contributed by atoms with Crippen molar-refractivity contribution in [2.24, 2.45) is 16.8 Å². The molecule has 1 aromatic heterocycles. The molecule has 0 amide bonds. The molecule has 0 spiro atoms. The molecule has 2 heterocycles. The van der Waals surface area contributed by atoms with Gasteiger partial charge in [0.2, 0.25) is 0 Å². The van der Waals surface area contributed by atoms with Crippen LogP contribution in [0.4, 0.5) is 0 Å². The molecular weight excluding hydrogens is 272 g/mol. The summed E-state index contributed by atoms with van der Waals surface area (Å²) < 4.78 is 0. The third-order valence-corrected chi connectivity index (χ3v) is 4.69. The third-order valence-electron chi connectivity index (χ3n) is 4.69. The molecule has 1 aliphatic heterocycles. The minimum Gasteiger partial charge on any atom is -0.357 e. The first-order valence-corrected chi connectivity index (χ1v) is 8.71. The molecule has 1 aromatic rings. The number of hydrogen-bond donors (Lipinski definition) is 1. The number of aromatic nitrogens is 1. The maximum Gasteiger partial charge on any atom is 0.194 e. The van der Waals surface area contributed by atoms with Gasteiger partial charge in [-0.3, -0.25) is 4.98 Å². The fraction of sp³-hybridized carbons (Fsp3) is 0.667. The minimum absolute atomic E-state index is 0.648. The molecular formula is C18H30N4. The lowest BCUT2D eigenvalue weighted by molar-refractivity contribution is 0.319. The number of nitrogens with one attached hydrogen (secondary N) is 1. The van der Waals surface area contributed by atoms with Crippen LogP contribution in [-0.4, -0.2) is 35.5 Å². The summed E-state index contributed by atoms with van der Waals surface area (Å²) in [6.07, 6.45) is 5.70. The van der Waals surface area contributed by atoms with Gasteiger partial charge in [-0.1, -0.05) is 32.8 Å². The Morgan fingerprint density at radius 3 is 2.82 bits per heavy atom. The van der Waals surface area contributed by atoms with Crippen molar-refractivity contribution >= 4 is 5.96 Å². The van der Waals surface area contributed by atoms with Crippen molar-refractivity contribution in [2.75, 3.05) is 19.6 Å². The number of guanidine groups is 1. The molecule has 0 saturated carbocycles. The monoisotopic (exact) mass is 302 g/mol. The molecule has 4 heteroatoms. The Labute approximate surface area is 135 Å². The van der Waals surface area contributed by atoms with Gasteiger partial charge in [0.1, 0.15) is 0 Å². The molecule has 4 nitrogen and oxygen atoms in total. The molecule has 2 rings (SSSR count). The van der Waals surface area contributed by atoms with Crippen LogP contribution in [0.2, 0.25) is 0 Å². The van der Waals surface area contributed by atoms with Crippen LogP contribution in [0.25, 0.3) is 0 Å². The van der Waals surface area contributed by atoms with Crippen LogP contribution in [-0.2, 0) is 6.54 Å². The van der Waals surface area contributed by atoms with Gasteiger partial charge in [-0.05, 0) is 37.3 Å². The maximum atomic E-state index is 4.78. The van der Waals surface area contributed by atoms with Gasteiger partial charge in [-0.15, -0.1) is 0 Å². The van der Waals surface area contributed by atoms with E-state index in [9.17, 15) is 0 Å². The number of nitrogens with zero attached hydrogens (tertiary/aromatic N) is 3. The molecule has 0 aliphatic carbocycles. The second-order valence-electron chi connectivity index (χ2n) is 6.06. The highest BCUT2D eigenvalue weighted by molar-refractivity contribution is 5.80. The van der Waals surface area contributed by atoms with Crippen molar-refractivity contribution in [1.82, 2.24) is 15.2 Å². The number of pyridine rings is 1. The van der Waals surface area contributed by atoms with Crippen molar-refractivity contribution in [3.63, 3.8) is 0 Å². The van der Waals surface area contributed by atoms with Crippen LogP contribution in [0, 0.1) is 11.8 Å². The Morgan fingerprint density at radius 2 is 2.18 bits per heavy atom. The van der Waals surface area contributed by atoms with E-state index in [1.54, 1.807) is 0 Å². The van der Waals surface area contributed by atoms with Gasteiger partial charge in [0.15, 0.2) is 5.96 Å². The summed E-state index contributed by atoms with van der Waals surface area (Å²) in [5.41, 5.74) is 1.02. The average Bonchev–Trinajstić information content (AvgIpc) is 3.03. The largest absolute Gasteiger partial charge is 0.357 e. The highest BCUT2D eigenvalue weighted by Gasteiger charge is 2.29. The van der Waals surface area contributed by atoms with Gasteiger partial charge in [0.05, 0.1) is 12.2 Å². The van der Waals surface area contributed by atoms with E-state index in [0.717, 1.165) is 43.1 Å². The van der Waals surface area contributed by atoms with E-state index >= 15 is 0 Å². The summed E-state index contributed by atoms with van der Waals surface area (Å²) in [4.78, 5) is 11.6. The van der Waals surface area contributed by atoms with E-state index in [2.05, 4.69) is 36.0 Å². The van der Waals surface area contributed by atoms with Crippen LogP contribution >= 0.6 is 0 Å². The number of rotatable bonds is 6. The van der Waals surface area contributed by atoms with E-state index in [1.807, 2.05) is 24.4 Å². The van der Waals surface area contributed by atoms with Crippen LogP contribution < -0.4 is 5.32 Å².